The molecular weight excluding hydrogens is 486 g/mol. The first-order valence-corrected chi connectivity index (χ1v) is 9.76. The Hall–Kier alpha value is -4.10. The first kappa shape index (κ1) is 24.0. The number of rotatable bonds is 2. The maximum atomic E-state index is 13.6. The number of imide groups is 2. The maximum absolute atomic E-state index is 13.6. The van der Waals surface area contributed by atoms with Gasteiger partial charge in [0, 0.05) is 11.4 Å². The Morgan fingerprint density at radius 2 is 1.00 bits per heavy atom. The summed E-state index contributed by atoms with van der Waals surface area (Å²) >= 11 is 0. The van der Waals surface area contributed by atoms with E-state index in [1.807, 2.05) is 0 Å². The van der Waals surface area contributed by atoms with E-state index in [1.54, 1.807) is 0 Å². The lowest BCUT2D eigenvalue weighted by Crippen LogP contribution is -2.42. The molecule has 2 aliphatic rings. The van der Waals surface area contributed by atoms with Gasteiger partial charge in [-0.2, -0.15) is 26.3 Å². The standard InChI is InChI=1S/C21H14F6N4O4/c22-20(23,24)11-5-9(28)1-3-13(11)30-15(32)7-19(17(30)34)8-16(33)31(18(19)35)14-4-2-10(29)6-12(14)21(25,26)27/h1-6H,7-8,28-29H2. The maximum Gasteiger partial charge on any atom is 0.418 e. The van der Waals surface area contributed by atoms with Gasteiger partial charge in [0.15, 0.2) is 0 Å². The van der Waals surface area contributed by atoms with Gasteiger partial charge in [0.2, 0.25) is 11.8 Å². The van der Waals surface area contributed by atoms with E-state index in [4.69, 9.17) is 11.5 Å². The van der Waals surface area contributed by atoms with Crippen LogP contribution < -0.4 is 21.3 Å². The van der Waals surface area contributed by atoms with Gasteiger partial charge in [0.05, 0.1) is 35.3 Å². The molecule has 0 unspecified atom stereocenters. The van der Waals surface area contributed by atoms with Crippen LogP contribution in [0.25, 0.3) is 0 Å². The summed E-state index contributed by atoms with van der Waals surface area (Å²) in [5.74, 6) is -5.38. The molecule has 0 aromatic heterocycles. The molecule has 4 N–H and O–H groups in total. The van der Waals surface area contributed by atoms with Crippen molar-refractivity contribution in [2.45, 2.75) is 25.2 Å². The van der Waals surface area contributed by atoms with Crippen LogP contribution in [0, 0.1) is 5.41 Å². The normalized spacial score (nSPS) is 18.3. The Balaban J connectivity index is 1.81. The average molecular weight is 500 g/mol. The van der Waals surface area contributed by atoms with E-state index >= 15 is 0 Å². The summed E-state index contributed by atoms with van der Waals surface area (Å²) in [4.78, 5) is 52.1. The molecule has 0 saturated carbocycles. The fraction of sp³-hybridized carbons (Fsp3) is 0.238. The molecule has 184 valence electrons. The highest BCUT2D eigenvalue weighted by Gasteiger charge is 2.65. The van der Waals surface area contributed by atoms with Gasteiger partial charge in [0.25, 0.3) is 11.8 Å². The van der Waals surface area contributed by atoms with Gasteiger partial charge in [-0.25, -0.2) is 9.80 Å². The number of halogens is 6. The molecule has 0 bridgehead atoms. The molecule has 0 atom stereocenters. The Morgan fingerprint density at radius 1 is 0.657 bits per heavy atom. The van der Waals surface area contributed by atoms with Gasteiger partial charge >= 0.3 is 12.4 Å². The van der Waals surface area contributed by atoms with E-state index in [1.165, 1.54) is 0 Å². The van der Waals surface area contributed by atoms with Crippen molar-refractivity contribution >= 4 is 46.4 Å². The van der Waals surface area contributed by atoms with Crippen LogP contribution in [0.5, 0.6) is 0 Å². The third-order valence-electron chi connectivity index (χ3n) is 5.76. The molecule has 8 nitrogen and oxygen atoms in total. The van der Waals surface area contributed by atoms with Crippen LogP contribution in [0.1, 0.15) is 24.0 Å². The van der Waals surface area contributed by atoms with Crippen LogP contribution in [0.2, 0.25) is 0 Å². The van der Waals surface area contributed by atoms with E-state index in [2.05, 4.69) is 0 Å². The second-order valence-corrected chi connectivity index (χ2v) is 8.05. The molecular formula is C21H14F6N4O4. The zero-order chi connectivity index (χ0) is 26.1. The Morgan fingerprint density at radius 3 is 1.31 bits per heavy atom. The largest absolute Gasteiger partial charge is 0.418 e. The van der Waals surface area contributed by atoms with Crippen molar-refractivity contribution < 1.29 is 45.5 Å². The molecule has 0 aliphatic carbocycles. The number of amides is 4. The van der Waals surface area contributed by atoms with Gasteiger partial charge in [-0.3, -0.25) is 19.2 Å². The molecule has 35 heavy (non-hydrogen) atoms. The number of alkyl halides is 6. The Labute approximate surface area is 192 Å². The number of nitrogen functional groups attached to an aromatic ring is 2. The van der Waals surface area contributed by atoms with E-state index in [9.17, 15) is 45.5 Å². The molecule has 4 amide bonds. The zero-order valence-electron chi connectivity index (χ0n) is 17.3. The number of carbonyl (C=O) groups is 4. The van der Waals surface area contributed by atoms with Gasteiger partial charge < -0.3 is 11.5 Å². The van der Waals surface area contributed by atoms with Crippen molar-refractivity contribution in [2.75, 3.05) is 21.3 Å². The van der Waals surface area contributed by atoms with Gasteiger partial charge in [-0.1, -0.05) is 0 Å². The number of nitrogens with zero attached hydrogens (tertiary/aromatic N) is 2. The zero-order valence-corrected chi connectivity index (χ0v) is 17.3. The fourth-order valence-electron chi connectivity index (χ4n) is 4.22. The predicted molar refractivity (Wildman–Crippen MR) is 108 cm³/mol. The van der Waals surface area contributed by atoms with Crippen molar-refractivity contribution in [3.8, 4) is 0 Å². The minimum absolute atomic E-state index is 0.116. The molecule has 2 fully saturated rings. The van der Waals surface area contributed by atoms with Crippen LogP contribution in [0.4, 0.5) is 49.1 Å². The number of benzene rings is 2. The molecule has 2 aromatic carbocycles. The van der Waals surface area contributed by atoms with Crippen LogP contribution in [-0.4, -0.2) is 23.6 Å². The lowest BCUT2D eigenvalue weighted by molar-refractivity contribution is -0.138. The van der Waals surface area contributed by atoms with E-state index in [0.717, 1.165) is 24.3 Å². The molecule has 4 rings (SSSR count). The molecule has 14 heteroatoms. The lowest BCUT2D eigenvalue weighted by atomic mass is 9.84. The monoisotopic (exact) mass is 500 g/mol. The van der Waals surface area contributed by atoms with Crippen molar-refractivity contribution in [1.29, 1.82) is 0 Å². The van der Waals surface area contributed by atoms with E-state index in [-0.39, 0.29) is 21.2 Å². The first-order chi connectivity index (χ1) is 16.1. The molecule has 2 aliphatic heterocycles. The summed E-state index contributed by atoms with van der Waals surface area (Å²) in [6, 6.07) is 4.47. The average Bonchev–Trinajstić information content (AvgIpc) is 3.12. The highest BCUT2D eigenvalue weighted by Crippen LogP contribution is 2.49. The molecule has 2 heterocycles. The van der Waals surface area contributed by atoms with Crippen LogP contribution in [0.3, 0.4) is 0 Å². The molecule has 2 saturated heterocycles. The number of anilines is 4. The van der Waals surface area contributed by atoms with E-state index in [0.29, 0.717) is 12.1 Å². The summed E-state index contributed by atoms with van der Waals surface area (Å²) < 4.78 is 81.4. The quantitative estimate of drug-likeness (QED) is 0.283. The number of carbonyl (C=O) groups excluding carboxylic acids is 4. The minimum Gasteiger partial charge on any atom is -0.399 e. The number of nitrogens with two attached hydrogens (primary N) is 2. The summed E-state index contributed by atoms with van der Waals surface area (Å²) in [6.45, 7) is 0. The third-order valence-corrected chi connectivity index (χ3v) is 5.76. The molecule has 1 spiro atoms. The second-order valence-electron chi connectivity index (χ2n) is 8.05. The highest BCUT2D eigenvalue weighted by molar-refractivity contribution is 6.38. The van der Waals surface area contributed by atoms with Gasteiger partial charge in [-0.05, 0) is 36.4 Å². The van der Waals surface area contributed by atoms with Gasteiger partial charge in [-0.15, -0.1) is 0 Å². The van der Waals surface area contributed by atoms with Crippen LogP contribution >= 0.6 is 0 Å². The summed E-state index contributed by atoms with van der Waals surface area (Å²) in [5.41, 5.74) is 2.93. The number of hydrogen-bond donors (Lipinski definition) is 2. The van der Waals surface area contributed by atoms with Crippen molar-refractivity contribution in [3.63, 3.8) is 0 Å². The van der Waals surface area contributed by atoms with Crippen molar-refractivity contribution in [2.24, 2.45) is 5.41 Å². The first-order valence-electron chi connectivity index (χ1n) is 9.76. The summed E-state index contributed by atoms with van der Waals surface area (Å²) in [6.07, 6.45) is -12.1. The molecule has 2 aromatic rings. The van der Waals surface area contributed by atoms with Crippen molar-refractivity contribution in [3.05, 3.63) is 47.5 Å². The summed E-state index contributed by atoms with van der Waals surface area (Å²) in [7, 11) is 0. The van der Waals surface area contributed by atoms with E-state index < -0.39 is 76.7 Å². The Bertz CT molecular complexity index is 1200. The highest BCUT2D eigenvalue weighted by atomic mass is 19.4. The fourth-order valence-corrected chi connectivity index (χ4v) is 4.22. The molecule has 0 radical (unpaired) electrons. The predicted octanol–water partition coefficient (Wildman–Crippen LogP) is 3.10. The Kier molecular flexibility index (Phi) is 5.12. The third kappa shape index (κ3) is 3.65. The second kappa shape index (κ2) is 7.45. The van der Waals surface area contributed by atoms with Crippen molar-refractivity contribution in [1.82, 2.24) is 0 Å². The van der Waals surface area contributed by atoms with Crippen LogP contribution in [-0.2, 0) is 31.5 Å². The SMILES string of the molecule is Nc1ccc(N2C(=O)CC3(CC(=O)N(c4ccc(N)cc4C(F)(F)F)C3=O)C2=O)c(C(F)(F)F)c1. The smallest absolute Gasteiger partial charge is 0.399 e. The summed E-state index contributed by atoms with van der Waals surface area (Å²) in [5, 5.41) is 0. The minimum atomic E-state index is -5.05. The lowest BCUT2D eigenvalue weighted by Gasteiger charge is -2.24. The number of hydrogen-bond acceptors (Lipinski definition) is 6. The van der Waals surface area contributed by atoms with Gasteiger partial charge in [0.1, 0.15) is 5.41 Å². The van der Waals surface area contributed by atoms with Crippen LogP contribution in [0.15, 0.2) is 36.4 Å². The topological polar surface area (TPSA) is 127 Å².